The lowest BCUT2D eigenvalue weighted by molar-refractivity contribution is -0.122. The van der Waals surface area contributed by atoms with Crippen molar-refractivity contribution in [2.24, 2.45) is 0 Å². The number of anilines is 1. The number of carbonyl (C=O) groups is 1. The normalized spacial score (nSPS) is 32.0. The minimum absolute atomic E-state index is 0.136. The van der Waals surface area contributed by atoms with Crippen molar-refractivity contribution in [3.05, 3.63) is 12.7 Å². The Kier molecular flexibility index (Phi) is 5.66. The first-order valence-corrected chi connectivity index (χ1v) is 10.2. The van der Waals surface area contributed by atoms with E-state index < -0.39 is 24.3 Å². The first kappa shape index (κ1) is 20.0. The number of methoxy groups -OCH3 is 1. The molecule has 2 unspecified atom stereocenters. The van der Waals surface area contributed by atoms with Crippen LogP contribution in [0.4, 0.5) is 5.82 Å². The first-order valence-electron chi connectivity index (χ1n) is 10.2. The number of fused-ring (bicyclic) bond motifs is 1. The van der Waals surface area contributed by atoms with Gasteiger partial charge in [0, 0.05) is 13.5 Å². The second kappa shape index (κ2) is 8.21. The fourth-order valence-corrected chi connectivity index (χ4v) is 4.49. The molecule has 2 aliphatic carbocycles. The Bertz CT molecular complexity index is 874. The fraction of sp³-hybridized carbons (Fsp3) is 0.684. The van der Waals surface area contributed by atoms with Crippen molar-refractivity contribution >= 4 is 22.9 Å². The number of amides is 1. The molecular weight excluding hydrogens is 376 g/mol. The number of hydrogen-bond donors (Lipinski definition) is 4. The van der Waals surface area contributed by atoms with E-state index >= 15 is 0 Å². The highest BCUT2D eigenvalue weighted by Gasteiger charge is 2.43. The Morgan fingerprint density at radius 2 is 2.07 bits per heavy atom. The number of rotatable bonds is 6. The zero-order valence-corrected chi connectivity index (χ0v) is 16.7. The van der Waals surface area contributed by atoms with Crippen LogP contribution in [0.15, 0.2) is 12.7 Å². The largest absolute Gasteiger partial charge is 0.388 e. The molecule has 29 heavy (non-hydrogen) atoms. The van der Waals surface area contributed by atoms with Gasteiger partial charge in [0.1, 0.15) is 24.1 Å². The van der Waals surface area contributed by atoms with Crippen LogP contribution in [0.5, 0.6) is 0 Å². The van der Waals surface area contributed by atoms with Crippen molar-refractivity contribution in [1.29, 1.82) is 0 Å². The molecule has 0 aromatic carbocycles. The number of aliphatic hydroxyl groups is 2. The van der Waals surface area contributed by atoms with Crippen LogP contribution >= 0.6 is 0 Å². The Balaban J connectivity index is 1.58. The van der Waals surface area contributed by atoms with Crippen LogP contribution < -0.4 is 10.6 Å². The SMILES string of the molecule is CCC(=O)N[C@H]1C[C@@H](n2cnc3c(NC4CCCC4OC)ncnc32)[C@H](O)[C@@H]1O. The molecule has 4 rings (SSSR count). The van der Waals surface area contributed by atoms with Crippen molar-refractivity contribution in [2.45, 2.75) is 75.5 Å². The van der Waals surface area contributed by atoms with E-state index in [1.807, 2.05) is 0 Å². The molecule has 1 amide bonds. The summed E-state index contributed by atoms with van der Waals surface area (Å²) in [5.41, 5.74) is 1.19. The highest BCUT2D eigenvalue weighted by molar-refractivity contribution is 5.83. The van der Waals surface area contributed by atoms with Crippen molar-refractivity contribution in [1.82, 2.24) is 24.8 Å². The van der Waals surface area contributed by atoms with Gasteiger partial charge >= 0.3 is 0 Å². The van der Waals surface area contributed by atoms with E-state index in [1.165, 1.54) is 6.33 Å². The second-order valence-corrected chi connectivity index (χ2v) is 7.81. The van der Waals surface area contributed by atoms with Gasteiger partial charge in [0.25, 0.3) is 0 Å². The van der Waals surface area contributed by atoms with E-state index in [-0.39, 0.29) is 18.1 Å². The predicted octanol–water partition coefficient (Wildman–Crippen LogP) is 0.367. The minimum Gasteiger partial charge on any atom is -0.388 e. The van der Waals surface area contributed by atoms with Crippen molar-refractivity contribution in [2.75, 3.05) is 12.4 Å². The topological polar surface area (TPSA) is 134 Å². The molecule has 0 saturated heterocycles. The number of ether oxygens (including phenoxy) is 1. The Hall–Kier alpha value is -2.30. The lowest BCUT2D eigenvalue weighted by atomic mass is 10.2. The van der Waals surface area contributed by atoms with Gasteiger partial charge in [0.2, 0.25) is 5.91 Å². The summed E-state index contributed by atoms with van der Waals surface area (Å²) < 4.78 is 7.31. The maximum absolute atomic E-state index is 11.7. The van der Waals surface area contributed by atoms with Crippen LogP contribution in [-0.2, 0) is 9.53 Å². The second-order valence-electron chi connectivity index (χ2n) is 7.81. The number of carbonyl (C=O) groups excluding carboxylic acids is 1. The standard InChI is InChI=1S/C19H28N6O4/c1-3-14(26)23-11-7-12(17(28)16(11)27)25-9-22-15-18(20-8-21-19(15)25)24-10-5-4-6-13(10)29-2/h8-13,16-17,27-28H,3-7H2,1-2H3,(H,23,26)(H,20,21,24)/t10?,11-,12+,13?,16+,17-/m0/s1. The molecule has 2 saturated carbocycles. The number of aromatic nitrogens is 4. The molecule has 2 aromatic rings. The molecule has 10 nitrogen and oxygen atoms in total. The van der Waals surface area contributed by atoms with Gasteiger partial charge in [-0.1, -0.05) is 6.92 Å². The Morgan fingerprint density at radius 1 is 1.24 bits per heavy atom. The van der Waals surface area contributed by atoms with Crippen LogP contribution in [0.25, 0.3) is 11.2 Å². The van der Waals surface area contributed by atoms with E-state index in [4.69, 9.17) is 4.74 Å². The zero-order chi connectivity index (χ0) is 20.5. The Morgan fingerprint density at radius 3 is 2.83 bits per heavy atom. The minimum atomic E-state index is -1.05. The van der Waals surface area contributed by atoms with Gasteiger partial charge in [-0.3, -0.25) is 4.79 Å². The van der Waals surface area contributed by atoms with Crippen LogP contribution in [0.3, 0.4) is 0 Å². The van der Waals surface area contributed by atoms with E-state index in [2.05, 4.69) is 25.6 Å². The molecule has 0 spiro atoms. The summed E-state index contributed by atoms with van der Waals surface area (Å²) in [5.74, 6) is 0.474. The quantitative estimate of drug-likeness (QED) is 0.542. The third kappa shape index (κ3) is 3.67. The smallest absolute Gasteiger partial charge is 0.220 e. The number of imidazole rings is 1. The molecule has 0 bridgehead atoms. The lowest BCUT2D eigenvalue weighted by Gasteiger charge is -2.20. The van der Waals surface area contributed by atoms with E-state index in [1.54, 1.807) is 24.9 Å². The van der Waals surface area contributed by atoms with Crippen LogP contribution in [0.1, 0.15) is 45.1 Å². The summed E-state index contributed by atoms with van der Waals surface area (Å²) in [7, 11) is 1.72. The van der Waals surface area contributed by atoms with Crippen LogP contribution in [-0.4, -0.2) is 73.1 Å². The third-order valence-electron chi connectivity index (χ3n) is 6.11. The number of aliphatic hydroxyl groups excluding tert-OH is 2. The van der Waals surface area contributed by atoms with Gasteiger partial charge in [-0.05, 0) is 25.7 Å². The number of nitrogens with zero attached hydrogens (tertiary/aromatic N) is 4. The average Bonchev–Trinajstić information content (AvgIpc) is 3.42. The van der Waals surface area contributed by atoms with Gasteiger partial charge in [-0.2, -0.15) is 0 Å². The summed E-state index contributed by atoms with van der Waals surface area (Å²) in [5, 5.41) is 27.2. The molecule has 10 heteroatoms. The van der Waals surface area contributed by atoms with Gasteiger partial charge in [0.05, 0.1) is 30.6 Å². The highest BCUT2D eigenvalue weighted by Crippen LogP contribution is 2.34. The molecule has 2 heterocycles. The number of nitrogens with one attached hydrogen (secondary N) is 2. The molecule has 2 aliphatic rings. The average molecular weight is 404 g/mol. The first-order chi connectivity index (χ1) is 14.0. The van der Waals surface area contributed by atoms with Gasteiger partial charge in [-0.25, -0.2) is 15.0 Å². The van der Waals surface area contributed by atoms with Gasteiger partial charge in [-0.15, -0.1) is 0 Å². The monoisotopic (exact) mass is 404 g/mol. The Labute approximate surface area is 168 Å². The molecule has 0 aliphatic heterocycles. The summed E-state index contributed by atoms with van der Waals surface area (Å²) >= 11 is 0. The molecule has 0 radical (unpaired) electrons. The molecule has 158 valence electrons. The van der Waals surface area contributed by atoms with Crippen molar-refractivity contribution < 1.29 is 19.7 Å². The van der Waals surface area contributed by atoms with E-state index in [9.17, 15) is 15.0 Å². The molecular formula is C19H28N6O4. The van der Waals surface area contributed by atoms with E-state index in [0.29, 0.717) is 29.8 Å². The van der Waals surface area contributed by atoms with Gasteiger partial charge in [0.15, 0.2) is 11.5 Å². The summed E-state index contributed by atoms with van der Waals surface area (Å²) in [6, 6.07) is -0.797. The van der Waals surface area contributed by atoms with Crippen molar-refractivity contribution in [3.8, 4) is 0 Å². The van der Waals surface area contributed by atoms with Crippen LogP contribution in [0.2, 0.25) is 0 Å². The maximum Gasteiger partial charge on any atom is 0.220 e. The van der Waals surface area contributed by atoms with Gasteiger partial charge < -0.3 is 30.2 Å². The molecule has 6 atom stereocenters. The number of hydrogen-bond acceptors (Lipinski definition) is 8. The zero-order valence-electron chi connectivity index (χ0n) is 16.7. The van der Waals surface area contributed by atoms with Crippen LogP contribution in [0, 0.1) is 0 Å². The lowest BCUT2D eigenvalue weighted by Crippen LogP contribution is -2.42. The maximum atomic E-state index is 11.7. The summed E-state index contributed by atoms with van der Waals surface area (Å²) in [4.78, 5) is 24.9. The highest BCUT2D eigenvalue weighted by atomic mass is 16.5. The summed E-state index contributed by atoms with van der Waals surface area (Å²) in [6.07, 6.45) is 4.94. The molecule has 2 fully saturated rings. The third-order valence-corrected chi connectivity index (χ3v) is 6.11. The molecule has 2 aromatic heterocycles. The summed E-state index contributed by atoms with van der Waals surface area (Å²) in [6.45, 7) is 1.75. The van der Waals surface area contributed by atoms with E-state index in [0.717, 1.165) is 19.3 Å². The predicted molar refractivity (Wildman–Crippen MR) is 105 cm³/mol. The molecule has 4 N–H and O–H groups in total. The van der Waals surface area contributed by atoms with Crippen molar-refractivity contribution in [3.63, 3.8) is 0 Å². The fourth-order valence-electron chi connectivity index (χ4n) is 4.49.